The Morgan fingerprint density at radius 1 is 1.05 bits per heavy atom. The Balaban J connectivity index is 1.84. The van der Waals surface area contributed by atoms with Gasteiger partial charge in [-0.2, -0.15) is 0 Å². The van der Waals surface area contributed by atoms with Crippen molar-refractivity contribution in [3.05, 3.63) is 53.9 Å². The van der Waals surface area contributed by atoms with Crippen molar-refractivity contribution in [1.82, 2.24) is 10.3 Å². The van der Waals surface area contributed by atoms with E-state index in [2.05, 4.69) is 10.3 Å². The molecule has 0 unspecified atom stereocenters. The summed E-state index contributed by atoms with van der Waals surface area (Å²) < 4.78 is 0. The van der Waals surface area contributed by atoms with Crippen LogP contribution in [0.25, 0.3) is 11.1 Å². The fourth-order valence-corrected chi connectivity index (χ4v) is 2.05. The molecule has 21 heavy (non-hydrogen) atoms. The van der Waals surface area contributed by atoms with E-state index in [0.29, 0.717) is 17.2 Å². The SMILES string of the molecule is NC(=O)c1ccc(-c2cncc(C(=O)NC3CC3)c2)cc1. The molecule has 1 aromatic carbocycles. The van der Waals surface area contributed by atoms with Gasteiger partial charge in [-0.1, -0.05) is 12.1 Å². The first-order valence-electron chi connectivity index (χ1n) is 6.79. The number of pyridine rings is 1. The number of nitrogens with zero attached hydrogens (tertiary/aromatic N) is 1. The lowest BCUT2D eigenvalue weighted by atomic mass is 10.0. The van der Waals surface area contributed by atoms with Gasteiger partial charge in [0.2, 0.25) is 5.91 Å². The summed E-state index contributed by atoms with van der Waals surface area (Å²) >= 11 is 0. The first kappa shape index (κ1) is 13.3. The molecule has 1 heterocycles. The third-order valence-electron chi connectivity index (χ3n) is 3.42. The van der Waals surface area contributed by atoms with Crippen LogP contribution in [0.3, 0.4) is 0 Å². The molecule has 1 saturated carbocycles. The predicted octanol–water partition coefficient (Wildman–Crippen LogP) is 1.74. The van der Waals surface area contributed by atoms with Crippen molar-refractivity contribution in [1.29, 1.82) is 0 Å². The van der Waals surface area contributed by atoms with E-state index in [4.69, 9.17) is 5.73 Å². The number of nitrogens with one attached hydrogen (secondary N) is 1. The molecule has 0 bridgehead atoms. The van der Waals surface area contributed by atoms with Crippen molar-refractivity contribution in [2.24, 2.45) is 5.73 Å². The van der Waals surface area contributed by atoms with Gasteiger partial charge in [0.25, 0.3) is 5.91 Å². The molecule has 0 atom stereocenters. The van der Waals surface area contributed by atoms with Crippen LogP contribution in [0, 0.1) is 0 Å². The van der Waals surface area contributed by atoms with Crippen molar-refractivity contribution < 1.29 is 9.59 Å². The molecular weight excluding hydrogens is 266 g/mol. The van der Waals surface area contributed by atoms with E-state index in [1.54, 1.807) is 42.7 Å². The van der Waals surface area contributed by atoms with Gasteiger partial charge >= 0.3 is 0 Å². The quantitative estimate of drug-likeness (QED) is 0.895. The summed E-state index contributed by atoms with van der Waals surface area (Å²) in [6, 6.07) is 9.02. The molecule has 1 aliphatic carbocycles. The zero-order valence-electron chi connectivity index (χ0n) is 11.4. The fraction of sp³-hybridized carbons (Fsp3) is 0.188. The van der Waals surface area contributed by atoms with Crippen molar-refractivity contribution in [3.8, 4) is 11.1 Å². The number of aromatic nitrogens is 1. The number of primary amides is 1. The van der Waals surface area contributed by atoms with Crippen molar-refractivity contribution in [2.75, 3.05) is 0 Å². The van der Waals surface area contributed by atoms with Crippen molar-refractivity contribution >= 4 is 11.8 Å². The van der Waals surface area contributed by atoms with E-state index in [-0.39, 0.29) is 5.91 Å². The highest BCUT2D eigenvalue weighted by Crippen LogP contribution is 2.22. The van der Waals surface area contributed by atoms with Crippen LogP contribution >= 0.6 is 0 Å². The third kappa shape index (κ3) is 3.08. The van der Waals surface area contributed by atoms with Gasteiger partial charge < -0.3 is 11.1 Å². The Bertz CT molecular complexity index is 691. The minimum Gasteiger partial charge on any atom is -0.366 e. The van der Waals surface area contributed by atoms with Crippen LogP contribution < -0.4 is 11.1 Å². The molecule has 5 heteroatoms. The van der Waals surface area contributed by atoms with Crippen LogP contribution in [0.2, 0.25) is 0 Å². The number of rotatable bonds is 4. The van der Waals surface area contributed by atoms with E-state index in [9.17, 15) is 9.59 Å². The molecule has 1 fully saturated rings. The summed E-state index contributed by atoms with van der Waals surface area (Å²) in [5, 5.41) is 2.93. The Hall–Kier alpha value is -2.69. The fourth-order valence-electron chi connectivity index (χ4n) is 2.05. The minimum atomic E-state index is -0.461. The van der Waals surface area contributed by atoms with Crippen LogP contribution in [0.4, 0.5) is 0 Å². The largest absolute Gasteiger partial charge is 0.366 e. The number of nitrogens with two attached hydrogens (primary N) is 1. The summed E-state index contributed by atoms with van der Waals surface area (Å²) in [5.74, 6) is -0.558. The highest BCUT2D eigenvalue weighted by molar-refractivity contribution is 5.96. The first-order chi connectivity index (χ1) is 10.1. The summed E-state index contributed by atoms with van der Waals surface area (Å²) in [4.78, 5) is 27.2. The van der Waals surface area contributed by atoms with E-state index >= 15 is 0 Å². The molecule has 0 saturated heterocycles. The van der Waals surface area contributed by atoms with E-state index in [1.807, 2.05) is 0 Å². The molecule has 0 radical (unpaired) electrons. The summed E-state index contributed by atoms with van der Waals surface area (Å²) in [5.41, 5.74) is 7.92. The molecule has 5 nitrogen and oxygen atoms in total. The second kappa shape index (κ2) is 5.36. The molecule has 2 amide bonds. The molecule has 3 rings (SSSR count). The average molecular weight is 281 g/mol. The van der Waals surface area contributed by atoms with Gasteiger partial charge in [-0.3, -0.25) is 14.6 Å². The molecule has 2 aromatic rings. The molecule has 0 spiro atoms. The van der Waals surface area contributed by atoms with Gasteiger partial charge in [-0.05, 0) is 36.6 Å². The average Bonchev–Trinajstić information content (AvgIpc) is 3.31. The van der Waals surface area contributed by atoms with Crippen molar-refractivity contribution in [3.63, 3.8) is 0 Å². The van der Waals surface area contributed by atoms with E-state index < -0.39 is 5.91 Å². The standard InChI is InChI=1S/C16H15N3O2/c17-15(20)11-3-1-10(2-4-11)12-7-13(9-18-8-12)16(21)19-14-5-6-14/h1-4,7-9,14H,5-6H2,(H2,17,20)(H,19,21). The summed E-state index contributed by atoms with van der Waals surface area (Å²) in [6.45, 7) is 0. The lowest BCUT2D eigenvalue weighted by molar-refractivity contribution is 0.0949. The second-order valence-electron chi connectivity index (χ2n) is 5.15. The van der Waals surface area contributed by atoms with Crippen LogP contribution in [0.15, 0.2) is 42.7 Å². The summed E-state index contributed by atoms with van der Waals surface area (Å²) in [7, 11) is 0. The third-order valence-corrected chi connectivity index (χ3v) is 3.42. The van der Waals surface area contributed by atoms with Gasteiger partial charge in [-0.25, -0.2) is 0 Å². The maximum Gasteiger partial charge on any atom is 0.253 e. The minimum absolute atomic E-state index is 0.0967. The Morgan fingerprint density at radius 3 is 2.38 bits per heavy atom. The number of amides is 2. The number of hydrogen-bond donors (Lipinski definition) is 2. The number of hydrogen-bond acceptors (Lipinski definition) is 3. The topological polar surface area (TPSA) is 85.1 Å². The number of carbonyl (C=O) groups is 2. The summed E-state index contributed by atoms with van der Waals surface area (Å²) in [6.07, 6.45) is 5.34. The molecule has 0 aliphatic heterocycles. The van der Waals surface area contributed by atoms with Crippen LogP contribution in [0.5, 0.6) is 0 Å². The normalized spacial score (nSPS) is 13.7. The molecule has 106 valence electrons. The molecule has 3 N–H and O–H groups in total. The highest BCUT2D eigenvalue weighted by atomic mass is 16.2. The van der Waals surface area contributed by atoms with Crippen LogP contribution in [-0.4, -0.2) is 22.8 Å². The first-order valence-corrected chi connectivity index (χ1v) is 6.79. The van der Waals surface area contributed by atoms with Gasteiger partial charge in [0.15, 0.2) is 0 Å². The molecule has 1 aliphatic rings. The van der Waals surface area contributed by atoms with Gasteiger partial charge in [-0.15, -0.1) is 0 Å². The van der Waals surface area contributed by atoms with Crippen LogP contribution in [0.1, 0.15) is 33.6 Å². The monoisotopic (exact) mass is 281 g/mol. The maximum atomic E-state index is 12.0. The Kier molecular flexibility index (Phi) is 3.39. The smallest absolute Gasteiger partial charge is 0.253 e. The Labute approximate surface area is 122 Å². The zero-order valence-corrected chi connectivity index (χ0v) is 11.4. The zero-order chi connectivity index (χ0) is 14.8. The number of benzene rings is 1. The van der Waals surface area contributed by atoms with E-state index in [1.165, 1.54) is 0 Å². The number of carbonyl (C=O) groups excluding carboxylic acids is 2. The van der Waals surface area contributed by atoms with Gasteiger partial charge in [0.1, 0.15) is 0 Å². The second-order valence-corrected chi connectivity index (χ2v) is 5.15. The lowest BCUT2D eigenvalue weighted by Crippen LogP contribution is -2.25. The van der Waals surface area contributed by atoms with Crippen LogP contribution in [-0.2, 0) is 0 Å². The van der Waals surface area contributed by atoms with Gasteiger partial charge in [0, 0.05) is 29.6 Å². The lowest BCUT2D eigenvalue weighted by Gasteiger charge is -2.06. The Morgan fingerprint density at radius 2 is 1.76 bits per heavy atom. The van der Waals surface area contributed by atoms with Gasteiger partial charge in [0.05, 0.1) is 5.56 Å². The van der Waals surface area contributed by atoms with Crippen molar-refractivity contribution in [2.45, 2.75) is 18.9 Å². The molecule has 1 aromatic heterocycles. The predicted molar refractivity (Wildman–Crippen MR) is 78.7 cm³/mol. The highest BCUT2D eigenvalue weighted by Gasteiger charge is 2.23. The van der Waals surface area contributed by atoms with E-state index in [0.717, 1.165) is 24.0 Å². The maximum absolute atomic E-state index is 12.0. The molecular formula is C16H15N3O2.